The summed E-state index contributed by atoms with van der Waals surface area (Å²) in [7, 11) is 1.78. The summed E-state index contributed by atoms with van der Waals surface area (Å²) in [6.45, 7) is 0. The first kappa shape index (κ1) is 17.3. The Balaban J connectivity index is 1.69. The molecule has 0 aromatic rings. The Bertz CT molecular complexity index is 526. The molecule has 0 aromatic heterocycles. The number of amides is 1. The van der Waals surface area contributed by atoms with Crippen molar-refractivity contribution in [1.29, 1.82) is 0 Å². The highest BCUT2D eigenvalue weighted by Crippen LogP contribution is 2.36. The summed E-state index contributed by atoms with van der Waals surface area (Å²) in [5.74, 6) is -0.126. The summed E-state index contributed by atoms with van der Waals surface area (Å²) in [5, 5.41) is 29.9. The van der Waals surface area contributed by atoms with E-state index >= 15 is 0 Å². The van der Waals surface area contributed by atoms with Gasteiger partial charge in [-0.25, -0.2) is 0 Å². The van der Waals surface area contributed by atoms with Crippen LogP contribution in [0.25, 0.3) is 0 Å². The fourth-order valence-corrected chi connectivity index (χ4v) is 4.49. The van der Waals surface area contributed by atoms with Gasteiger partial charge in [0.2, 0.25) is 6.04 Å². The maximum absolute atomic E-state index is 12.5. The van der Waals surface area contributed by atoms with Crippen LogP contribution < -0.4 is 0 Å². The quantitative estimate of drug-likeness (QED) is 0.480. The van der Waals surface area contributed by atoms with Crippen LogP contribution in [0, 0.1) is 16.0 Å². The molecule has 8 nitrogen and oxygen atoms in total. The second-order valence-corrected chi connectivity index (χ2v) is 7.39. The zero-order chi connectivity index (χ0) is 17.3. The van der Waals surface area contributed by atoms with Crippen molar-refractivity contribution in [3.63, 3.8) is 0 Å². The van der Waals surface area contributed by atoms with Gasteiger partial charge >= 0.3 is 0 Å². The van der Waals surface area contributed by atoms with E-state index in [1.807, 2.05) is 0 Å². The van der Waals surface area contributed by atoms with Crippen molar-refractivity contribution in [2.75, 3.05) is 7.05 Å². The van der Waals surface area contributed by atoms with Gasteiger partial charge in [0.1, 0.15) is 0 Å². The van der Waals surface area contributed by atoms with E-state index in [1.165, 1.54) is 0 Å². The van der Waals surface area contributed by atoms with Gasteiger partial charge in [0.05, 0.1) is 12.1 Å². The summed E-state index contributed by atoms with van der Waals surface area (Å²) in [6, 6.07) is -1.55. The van der Waals surface area contributed by atoms with Gasteiger partial charge in [0.15, 0.2) is 6.04 Å². The van der Waals surface area contributed by atoms with Crippen LogP contribution in [0.1, 0.15) is 51.4 Å². The number of carbonyl (C=O) groups is 1. The number of azo groups is 1. The fourth-order valence-electron chi connectivity index (χ4n) is 4.49. The molecule has 8 heteroatoms. The van der Waals surface area contributed by atoms with E-state index in [4.69, 9.17) is 0 Å². The molecule has 6 atom stereocenters. The molecular weight excluding hydrogens is 312 g/mol. The van der Waals surface area contributed by atoms with Gasteiger partial charge < -0.3 is 10.0 Å². The first-order valence-corrected chi connectivity index (χ1v) is 8.97. The van der Waals surface area contributed by atoms with Crippen LogP contribution in [-0.4, -0.2) is 58.2 Å². The third-order valence-corrected chi connectivity index (χ3v) is 5.91. The second kappa shape index (κ2) is 7.13. The maximum Gasteiger partial charge on any atom is 0.252 e. The molecule has 0 radical (unpaired) electrons. The number of nitrogens with zero attached hydrogens (tertiary/aromatic N) is 4. The molecule has 1 saturated heterocycles. The van der Waals surface area contributed by atoms with Crippen molar-refractivity contribution < 1.29 is 14.8 Å². The SMILES string of the molecule is CN1C(=O)[C@H](N=N[C@@H]2CCC[C@H]([N+](=O)[O-])C2)[C@H](O)[C@@H]2CCCC[C@@H]21. The fraction of sp³-hybridized carbons (Fsp3) is 0.938. The first-order chi connectivity index (χ1) is 11.5. The third-order valence-electron chi connectivity index (χ3n) is 5.91. The van der Waals surface area contributed by atoms with E-state index in [-0.39, 0.29) is 28.8 Å². The van der Waals surface area contributed by atoms with Crippen molar-refractivity contribution in [3.8, 4) is 0 Å². The Hall–Kier alpha value is -1.57. The van der Waals surface area contributed by atoms with Gasteiger partial charge in [-0.1, -0.05) is 12.8 Å². The molecule has 1 aliphatic heterocycles. The third kappa shape index (κ3) is 3.29. The van der Waals surface area contributed by atoms with E-state index in [0.717, 1.165) is 38.5 Å². The number of likely N-dealkylation sites (tertiary alicyclic amines) is 1. The highest BCUT2D eigenvalue weighted by molar-refractivity contribution is 5.83. The van der Waals surface area contributed by atoms with Crippen molar-refractivity contribution in [3.05, 3.63) is 10.1 Å². The van der Waals surface area contributed by atoms with Crippen LogP contribution in [0.2, 0.25) is 0 Å². The lowest BCUT2D eigenvalue weighted by atomic mass is 9.75. The molecule has 0 bridgehead atoms. The monoisotopic (exact) mass is 338 g/mol. The Kier molecular flexibility index (Phi) is 5.12. The first-order valence-electron chi connectivity index (χ1n) is 8.97. The molecule has 134 valence electrons. The topological polar surface area (TPSA) is 108 Å². The van der Waals surface area contributed by atoms with Gasteiger partial charge in [-0.2, -0.15) is 10.2 Å². The number of hydrogen-bond acceptors (Lipinski definition) is 6. The number of rotatable bonds is 3. The average Bonchev–Trinajstić information content (AvgIpc) is 2.60. The molecule has 0 aromatic carbocycles. The minimum atomic E-state index is -0.856. The Labute approximate surface area is 141 Å². The Morgan fingerprint density at radius 1 is 1.17 bits per heavy atom. The lowest BCUT2D eigenvalue weighted by molar-refractivity contribution is -0.526. The highest BCUT2D eigenvalue weighted by atomic mass is 16.6. The van der Waals surface area contributed by atoms with E-state index in [9.17, 15) is 20.0 Å². The molecule has 24 heavy (non-hydrogen) atoms. The summed E-state index contributed by atoms with van der Waals surface area (Å²) in [6.07, 6.45) is 5.65. The molecule has 2 saturated carbocycles. The maximum atomic E-state index is 12.5. The van der Waals surface area contributed by atoms with Gasteiger partial charge in [0.25, 0.3) is 5.91 Å². The predicted molar refractivity (Wildman–Crippen MR) is 86.2 cm³/mol. The molecular formula is C16H26N4O4. The second-order valence-electron chi connectivity index (χ2n) is 7.39. The minimum absolute atomic E-state index is 0.0586. The van der Waals surface area contributed by atoms with Crippen LogP contribution >= 0.6 is 0 Å². The summed E-state index contributed by atoms with van der Waals surface area (Å²) in [5.41, 5.74) is 0. The number of likely N-dealkylation sites (N-methyl/N-ethyl adjacent to an activating group) is 1. The zero-order valence-electron chi connectivity index (χ0n) is 14.1. The van der Waals surface area contributed by atoms with Gasteiger partial charge in [0, 0.05) is 36.8 Å². The average molecular weight is 338 g/mol. The van der Waals surface area contributed by atoms with Crippen molar-refractivity contribution in [1.82, 2.24) is 4.90 Å². The number of fused-ring (bicyclic) bond motifs is 1. The van der Waals surface area contributed by atoms with Gasteiger partial charge in [-0.05, 0) is 25.7 Å². The van der Waals surface area contributed by atoms with Gasteiger partial charge in [-0.3, -0.25) is 14.9 Å². The number of nitro groups is 1. The molecule has 0 unspecified atom stereocenters. The predicted octanol–water partition coefficient (Wildman–Crippen LogP) is 1.79. The van der Waals surface area contributed by atoms with Gasteiger partial charge in [-0.15, -0.1) is 0 Å². The van der Waals surface area contributed by atoms with E-state index in [1.54, 1.807) is 11.9 Å². The van der Waals surface area contributed by atoms with E-state index in [0.29, 0.717) is 12.8 Å². The molecule has 3 aliphatic rings. The van der Waals surface area contributed by atoms with Crippen LogP contribution in [0.3, 0.4) is 0 Å². The van der Waals surface area contributed by atoms with Crippen molar-refractivity contribution in [2.24, 2.45) is 16.1 Å². The number of piperidine rings is 1. The normalized spacial score (nSPS) is 40.6. The number of hydrogen-bond donors (Lipinski definition) is 1. The van der Waals surface area contributed by atoms with Crippen molar-refractivity contribution in [2.45, 2.75) is 81.6 Å². The lowest BCUT2D eigenvalue weighted by Crippen LogP contribution is -2.60. The number of aliphatic hydroxyl groups is 1. The van der Waals surface area contributed by atoms with E-state index < -0.39 is 18.2 Å². The summed E-state index contributed by atoms with van der Waals surface area (Å²) >= 11 is 0. The highest BCUT2D eigenvalue weighted by Gasteiger charge is 2.47. The van der Waals surface area contributed by atoms with Crippen molar-refractivity contribution >= 4 is 5.91 Å². The van der Waals surface area contributed by atoms with Crippen LogP contribution in [0.4, 0.5) is 0 Å². The van der Waals surface area contributed by atoms with Crippen LogP contribution in [-0.2, 0) is 4.79 Å². The van der Waals surface area contributed by atoms with Crippen LogP contribution in [0.15, 0.2) is 10.2 Å². The molecule has 3 fully saturated rings. The standard InChI is InChI=1S/C16H26N4O4/c1-19-13-8-3-2-7-12(13)15(21)14(16(19)22)18-17-10-5-4-6-11(9-10)20(23)24/h10-15,21H,2-9H2,1H3/t10-,11+,12-,13+,14-,15-/m1/s1. The molecule has 2 aliphatic carbocycles. The molecule has 0 spiro atoms. The lowest BCUT2D eigenvalue weighted by Gasteiger charge is -2.46. The molecule has 1 N–H and O–H groups in total. The minimum Gasteiger partial charge on any atom is -0.390 e. The largest absolute Gasteiger partial charge is 0.390 e. The summed E-state index contributed by atoms with van der Waals surface area (Å²) < 4.78 is 0. The Morgan fingerprint density at radius 3 is 2.67 bits per heavy atom. The molecule has 3 rings (SSSR count). The zero-order valence-corrected chi connectivity index (χ0v) is 14.1. The molecule has 1 heterocycles. The number of aliphatic hydroxyl groups excluding tert-OH is 1. The van der Waals surface area contributed by atoms with E-state index in [2.05, 4.69) is 10.2 Å². The summed E-state index contributed by atoms with van der Waals surface area (Å²) in [4.78, 5) is 25.0. The Morgan fingerprint density at radius 2 is 1.92 bits per heavy atom. The smallest absolute Gasteiger partial charge is 0.252 e. The number of carbonyl (C=O) groups excluding carboxylic acids is 1. The molecule has 1 amide bonds. The van der Waals surface area contributed by atoms with Crippen LogP contribution in [0.5, 0.6) is 0 Å².